The lowest BCUT2D eigenvalue weighted by Crippen LogP contribution is -2.00. The fourth-order valence-electron chi connectivity index (χ4n) is 1.38. The molecular weight excluding hydrogens is 158 g/mol. The highest BCUT2D eigenvalue weighted by Gasteiger charge is 1.98. The second kappa shape index (κ2) is 5.03. The molecule has 0 aliphatic heterocycles. The molecule has 0 bridgehead atoms. The zero-order chi connectivity index (χ0) is 9.68. The normalized spacial score (nSPS) is 10.8. The van der Waals surface area contributed by atoms with Gasteiger partial charge in [-0.2, -0.15) is 0 Å². The molecule has 0 aliphatic carbocycles. The second-order valence-corrected chi connectivity index (χ2v) is 3.79. The minimum atomic E-state index is 0.628. The van der Waals surface area contributed by atoms with E-state index in [1.165, 1.54) is 11.1 Å². The van der Waals surface area contributed by atoms with E-state index in [9.17, 15) is 0 Å². The maximum atomic E-state index is 5.45. The third-order valence-corrected chi connectivity index (χ3v) is 2.32. The molecule has 72 valence electrons. The van der Waals surface area contributed by atoms with Crippen LogP contribution in [0.5, 0.6) is 0 Å². The number of benzene rings is 1. The fraction of sp³-hybridized carbons (Fsp3) is 0.500. The van der Waals surface area contributed by atoms with Gasteiger partial charge in [0.05, 0.1) is 0 Å². The van der Waals surface area contributed by atoms with Crippen LogP contribution < -0.4 is 5.73 Å². The first-order chi connectivity index (χ1) is 6.24. The Balaban J connectivity index is 2.59. The predicted molar refractivity (Wildman–Crippen MR) is 57.9 cm³/mol. The first-order valence-corrected chi connectivity index (χ1v) is 5.03. The van der Waals surface area contributed by atoms with Crippen LogP contribution in [0.25, 0.3) is 0 Å². The minimum absolute atomic E-state index is 0.628. The van der Waals surface area contributed by atoms with Crippen molar-refractivity contribution in [3.05, 3.63) is 35.4 Å². The lowest BCUT2D eigenvalue weighted by atomic mass is 10.0. The standard InChI is InChI=1S/C12H19N/c1-10(2)12-7-5-11(6-8-12)4-3-9-13/h5-8,10H,3-4,9,13H2,1-2H3. The van der Waals surface area contributed by atoms with Crippen LogP contribution in [-0.2, 0) is 6.42 Å². The average molecular weight is 177 g/mol. The molecule has 0 fully saturated rings. The summed E-state index contributed by atoms with van der Waals surface area (Å²) >= 11 is 0. The van der Waals surface area contributed by atoms with Crippen LogP contribution in [0.2, 0.25) is 0 Å². The summed E-state index contributed by atoms with van der Waals surface area (Å²) in [7, 11) is 0. The lowest BCUT2D eigenvalue weighted by molar-refractivity contribution is 0.827. The Morgan fingerprint density at radius 3 is 2.23 bits per heavy atom. The van der Waals surface area contributed by atoms with Gasteiger partial charge in [0.1, 0.15) is 0 Å². The number of aryl methyl sites for hydroxylation is 1. The van der Waals surface area contributed by atoms with Crippen LogP contribution in [0.1, 0.15) is 37.3 Å². The highest BCUT2D eigenvalue weighted by molar-refractivity contribution is 5.24. The first-order valence-electron chi connectivity index (χ1n) is 5.03. The van der Waals surface area contributed by atoms with Gasteiger partial charge in [-0.25, -0.2) is 0 Å². The van der Waals surface area contributed by atoms with Crippen molar-refractivity contribution in [2.24, 2.45) is 5.73 Å². The molecule has 0 amide bonds. The molecule has 1 heteroatoms. The number of hydrogen-bond acceptors (Lipinski definition) is 1. The SMILES string of the molecule is CC(C)c1ccc(CCCN)cc1. The maximum absolute atomic E-state index is 5.45. The van der Waals surface area contributed by atoms with Gasteiger partial charge in [-0.1, -0.05) is 38.1 Å². The number of rotatable bonds is 4. The van der Waals surface area contributed by atoms with Gasteiger partial charge in [0, 0.05) is 0 Å². The molecule has 0 heterocycles. The number of hydrogen-bond donors (Lipinski definition) is 1. The van der Waals surface area contributed by atoms with E-state index in [2.05, 4.69) is 38.1 Å². The summed E-state index contributed by atoms with van der Waals surface area (Å²) in [6, 6.07) is 8.86. The third kappa shape index (κ3) is 3.19. The molecule has 0 unspecified atom stereocenters. The zero-order valence-corrected chi connectivity index (χ0v) is 8.59. The zero-order valence-electron chi connectivity index (χ0n) is 8.59. The van der Waals surface area contributed by atoms with Crippen molar-refractivity contribution in [2.75, 3.05) is 6.54 Å². The van der Waals surface area contributed by atoms with Gasteiger partial charge in [-0.15, -0.1) is 0 Å². The largest absolute Gasteiger partial charge is 0.330 e. The van der Waals surface area contributed by atoms with E-state index in [1.54, 1.807) is 0 Å². The Morgan fingerprint density at radius 1 is 1.15 bits per heavy atom. The van der Waals surface area contributed by atoms with Crippen LogP contribution in [-0.4, -0.2) is 6.54 Å². The molecule has 13 heavy (non-hydrogen) atoms. The average Bonchev–Trinajstić information content (AvgIpc) is 2.15. The summed E-state index contributed by atoms with van der Waals surface area (Å²) < 4.78 is 0. The molecule has 1 aromatic carbocycles. The Kier molecular flexibility index (Phi) is 3.97. The molecule has 0 spiro atoms. The summed E-state index contributed by atoms with van der Waals surface area (Å²) in [4.78, 5) is 0. The van der Waals surface area contributed by atoms with Crippen molar-refractivity contribution in [2.45, 2.75) is 32.6 Å². The molecule has 1 rings (SSSR count). The molecule has 0 atom stereocenters. The van der Waals surface area contributed by atoms with Gasteiger partial charge in [-0.05, 0) is 36.4 Å². The van der Waals surface area contributed by atoms with Crippen molar-refractivity contribution in [1.29, 1.82) is 0 Å². The van der Waals surface area contributed by atoms with E-state index in [-0.39, 0.29) is 0 Å². The quantitative estimate of drug-likeness (QED) is 0.752. The van der Waals surface area contributed by atoms with Crippen molar-refractivity contribution in [1.82, 2.24) is 0 Å². The Labute approximate surface area is 81.0 Å². The Hall–Kier alpha value is -0.820. The Bertz CT molecular complexity index is 236. The van der Waals surface area contributed by atoms with Crippen molar-refractivity contribution in [3.63, 3.8) is 0 Å². The van der Waals surface area contributed by atoms with Crippen LogP contribution in [0.3, 0.4) is 0 Å². The Morgan fingerprint density at radius 2 is 1.77 bits per heavy atom. The molecule has 1 aromatic rings. The van der Waals surface area contributed by atoms with Gasteiger partial charge in [0.15, 0.2) is 0 Å². The smallest absolute Gasteiger partial charge is 0.00741 e. The van der Waals surface area contributed by atoms with Crippen LogP contribution in [0.4, 0.5) is 0 Å². The van der Waals surface area contributed by atoms with Gasteiger partial charge in [0.2, 0.25) is 0 Å². The van der Waals surface area contributed by atoms with Crippen LogP contribution >= 0.6 is 0 Å². The van der Waals surface area contributed by atoms with Crippen LogP contribution in [0.15, 0.2) is 24.3 Å². The summed E-state index contributed by atoms with van der Waals surface area (Å²) in [6.07, 6.45) is 2.19. The molecule has 1 nitrogen and oxygen atoms in total. The highest BCUT2D eigenvalue weighted by atomic mass is 14.5. The van der Waals surface area contributed by atoms with E-state index < -0.39 is 0 Å². The maximum Gasteiger partial charge on any atom is -0.00741 e. The highest BCUT2D eigenvalue weighted by Crippen LogP contribution is 2.15. The molecule has 0 saturated carbocycles. The topological polar surface area (TPSA) is 26.0 Å². The summed E-state index contributed by atoms with van der Waals surface area (Å²) in [6.45, 7) is 5.22. The summed E-state index contributed by atoms with van der Waals surface area (Å²) in [5, 5.41) is 0. The molecular formula is C12H19N. The first kappa shape index (κ1) is 10.3. The van der Waals surface area contributed by atoms with Crippen molar-refractivity contribution >= 4 is 0 Å². The predicted octanol–water partition coefficient (Wildman–Crippen LogP) is 2.70. The van der Waals surface area contributed by atoms with Gasteiger partial charge in [-0.3, -0.25) is 0 Å². The van der Waals surface area contributed by atoms with Crippen molar-refractivity contribution in [3.8, 4) is 0 Å². The second-order valence-electron chi connectivity index (χ2n) is 3.79. The van der Waals surface area contributed by atoms with Crippen LogP contribution in [0, 0.1) is 0 Å². The van der Waals surface area contributed by atoms with E-state index >= 15 is 0 Å². The number of nitrogens with two attached hydrogens (primary N) is 1. The van der Waals surface area contributed by atoms with Gasteiger partial charge in [0.25, 0.3) is 0 Å². The van der Waals surface area contributed by atoms with Gasteiger partial charge >= 0.3 is 0 Å². The summed E-state index contributed by atoms with van der Waals surface area (Å²) in [5.74, 6) is 0.628. The van der Waals surface area contributed by atoms with E-state index in [0.29, 0.717) is 5.92 Å². The molecule has 0 saturated heterocycles. The lowest BCUT2D eigenvalue weighted by Gasteiger charge is -2.06. The molecule has 2 N–H and O–H groups in total. The summed E-state index contributed by atoms with van der Waals surface area (Å²) in [5.41, 5.74) is 8.27. The van der Waals surface area contributed by atoms with E-state index in [0.717, 1.165) is 19.4 Å². The third-order valence-electron chi connectivity index (χ3n) is 2.32. The van der Waals surface area contributed by atoms with E-state index in [4.69, 9.17) is 5.73 Å². The molecule has 0 radical (unpaired) electrons. The molecule has 0 aliphatic rings. The molecule has 0 aromatic heterocycles. The van der Waals surface area contributed by atoms with E-state index in [1.807, 2.05) is 0 Å². The van der Waals surface area contributed by atoms with Crippen molar-refractivity contribution < 1.29 is 0 Å². The fourth-order valence-corrected chi connectivity index (χ4v) is 1.38. The monoisotopic (exact) mass is 177 g/mol. The minimum Gasteiger partial charge on any atom is -0.330 e. The van der Waals surface area contributed by atoms with Gasteiger partial charge < -0.3 is 5.73 Å².